The highest BCUT2D eigenvalue weighted by Gasteiger charge is 2.11. The van der Waals surface area contributed by atoms with Gasteiger partial charge < -0.3 is 25.1 Å². The molecule has 0 bridgehead atoms. The second kappa shape index (κ2) is 9.04. The molecule has 0 saturated heterocycles. The standard InChI is InChI=1S/C24H21N3O4/c1-30-21-11-4-5-12-22(21)31-15-23(28)25-17-8-6-9-18(14-17)26-24(29)20-13-16-7-2-3-10-19(16)27-20/h2-14,27H,15H2,1H3,(H,25,28)(H,26,29). The minimum Gasteiger partial charge on any atom is -0.493 e. The van der Waals surface area contributed by atoms with E-state index in [2.05, 4.69) is 15.6 Å². The van der Waals surface area contributed by atoms with Crippen LogP contribution in [0.3, 0.4) is 0 Å². The summed E-state index contributed by atoms with van der Waals surface area (Å²) in [5, 5.41) is 6.56. The van der Waals surface area contributed by atoms with Gasteiger partial charge in [0.15, 0.2) is 18.1 Å². The lowest BCUT2D eigenvalue weighted by Gasteiger charge is -2.11. The lowest BCUT2D eigenvalue weighted by Crippen LogP contribution is -2.20. The molecule has 1 aromatic heterocycles. The van der Waals surface area contributed by atoms with Crippen LogP contribution in [0.25, 0.3) is 10.9 Å². The molecule has 0 radical (unpaired) electrons. The molecule has 0 spiro atoms. The van der Waals surface area contributed by atoms with Crippen molar-refractivity contribution in [3.05, 3.63) is 84.6 Å². The molecule has 0 fully saturated rings. The predicted octanol–water partition coefficient (Wildman–Crippen LogP) is 4.45. The number of fused-ring (bicyclic) bond motifs is 1. The second-order valence-corrected chi connectivity index (χ2v) is 6.79. The molecule has 3 aromatic carbocycles. The highest BCUT2D eigenvalue weighted by molar-refractivity contribution is 6.06. The van der Waals surface area contributed by atoms with Crippen LogP contribution in [-0.2, 0) is 4.79 Å². The number of hydrogen-bond acceptors (Lipinski definition) is 4. The molecule has 4 rings (SSSR count). The van der Waals surface area contributed by atoms with Crippen LogP contribution in [0.4, 0.5) is 11.4 Å². The fourth-order valence-corrected chi connectivity index (χ4v) is 3.15. The van der Waals surface area contributed by atoms with Gasteiger partial charge in [-0.15, -0.1) is 0 Å². The summed E-state index contributed by atoms with van der Waals surface area (Å²) in [6, 6.07) is 23.5. The van der Waals surface area contributed by atoms with E-state index < -0.39 is 0 Å². The van der Waals surface area contributed by atoms with Crippen molar-refractivity contribution in [3.8, 4) is 11.5 Å². The van der Waals surface area contributed by atoms with Crippen molar-refractivity contribution in [1.29, 1.82) is 0 Å². The molecule has 0 aliphatic rings. The van der Waals surface area contributed by atoms with E-state index in [1.54, 1.807) is 48.5 Å². The number of hydrogen-bond donors (Lipinski definition) is 3. The zero-order valence-electron chi connectivity index (χ0n) is 16.8. The number of ether oxygens (including phenoxy) is 2. The summed E-state index contributed by atoms with van der Waals surface area (Å²) in [5.74, 6) is 0.445. The van der Waals surface area contributed by atoms with E-state index in [1.807, 2.05) is 30.3 Å². The molecule has 156 valence electrons. The fourth-order valence-electron chi connectivity index (χ4n) is 3.15. The lowest BCUT2D eigenvalue weighted by atomic mass is 10.2. The van der Waals surface area contributed by atoms with E-state index in [0.717, 1.165) is 10.9 Å². The van der Waals surface area contributed by atoms with Crippen molar-refractivity contribution in [2.45, 2.75) is 0 Å². The average Bonchev–Trinajstić information content (AvgIpc) is 3.23. The van der Waals surface area contributed by atoms with E-state index in [1.165, 1.54) is 7.11 Å². The van der Waals surface area contributed by atoms with Gasteiger partial charge in [-0.1, -0.05) is 36.4 Å². The zero-order chi connectivity index (χ0) is 21.6. The molecule has 1 heterocycles. The Bertz CT molecular complexity index is 1200. The molecule has 0 aliphatic heterocycles. The molecule has 3 N–H and O–H groups in total. The van der Waals surface area contributed by atoms with Crippen molar-refractivity contribution in [1.82, 2.24) is 4.98 Å². The van der Waals surface area contributed by atoms with Crippen molar-refractivity contribution >= 4 is 34.1 Å². The summed E-state index contributed by atoms with van der Waals surface area (Å²) in [4.78, 5) is 27.9. The number of rotatable bonds is 7. The number of benzene rings is 3. The summed E-state index contributed by atoms with van der Waals surface area (Å²) >= 11 is 0. The Hall–Kier alpha value is -4.26. The van der Waals surface area contributed by atoms with Gasteiger partial charge in [-0.3, -0.25) is 9.59 Å². The SMILES string of the molecule is COc1ccccc1OCC(=O)Nc1cccc(NC(=O)c2cc3ccccc3[nH]2)c1. The van der Waals surface area contributed by atoms with Crippen LogP contribution < -0.4 is 20.1 Å². The Morgan fingerprint density at radius 1 is 0.839 bits per heavy atom. The molecule has 0 unspecified atom stereocenters. The van der Waals surface area contributed by atoms with Crippen LogP contribution >= 0.6 is 0 Å². The summed E-state index contributed by atoms with van der Waals surface area (Å²) in [6.07, 6.45) is 0. The third kappa shape index (κ3) is 4.84. The van der Waals surface area contributed by atoms with Gasteiger partial charge >= 0.3 is 0 Å². The maximum absolute atomic E-state index is 12.6. The van der Waals surface area contributed by atoms with Gasteiger partial charge in [0, 0.05) is 22.3 Å². The van der Waals surface area contributed by atoms with Crippen molar-refractivity contribution in [3.63, 3.8) is 0 Å². The molecule has 31 heavy (non-hydrogen) atoms. The van der Waals surface area contributed by atoms with Crippen LogP contribution in [0.1, 0.15) is 10.5 Å². The van der Waals surface area contributed by atoms with Crippen molar-refractivity contribution in [2.75, 3.05) is 24.4 Å². The third-order valence-corrected chi connectivity index (χ3v) is 4.61. The molecular formula is C24H21N3O4. The van der Waals surface area contributed by atoms with Gasteiger partial charge in [0.05, 0.1) is 7.11 Å². The molecule has 0 saturated carbocycles. The van der Waals surface area contributed by atoms with E-state index in [0.29, 0.717) is 28.6 Å². The number of H-pyrrole nitrogens is 1. The van der Waals surface area contributed by atoms with Gasteiger partial charge in [0.2, 0.25) is 0 Å². The van der Waals surface area contributed by atoms with E-state index in [4.69, 9.17) is 9.47 Å². The highest BCUT2D eigenvalue weighted by atomic mass is 16.5. The maximum atomic E-state index is 12.6. The van der Waals surface area contributed by atoms with E-state index >= 15 is 0 Å². The van der Waals surface area contributed by atoms with Gasteiger partial charge in [0.1, 0.15) is 5.69 Å². The number of amides is 2. The number of anilines is 2. The van der Waals surface area contributed by atoms with Gasteiger partial charge in [-0.2, -0.15) is 0 Å². The quantitative estimate of drug-likeness (QED) is 0.416. The minimum absolute atomic E-state index is 0.175. The summed E-state index contributed by atoms with van der Waals surface area (Å²) < 4.78 is 10.7. The van der Waals surface area contributed by atoms with Crippen molar-refractivity contribution < 1.29 is 19.1 Å². The van der Waals surface area contributed by atoms with Gasteiger partial charge in [-0.05, 0) is 42.5 Å². The number of aromatic amines is 1. The molecule has 2 amide bonds. The Morgan fingerprint density at radius 2 is 1.55 bits per heavy atom. The summed E-state index contributed by atoms with van der Waals surface area (Å²) in [7, 11) is 1.54. The monoisotopic (exact) mass is 415 g/mol. The fraction of sp³-hybridized carbons (Fsp3) is 0.0833. The number of para-hydroxylation sites is 3. The van der Waals surface area contributed by atoms with Gasteiger partial charge in [-0.25, -0.2) is 0 Å². The minimum atomic E-state index is -0.329. The van der Waals surface area contributed by atoms with Crippen LogP contribution in [0.2, 0.25) is 0 Å². The Labute approximate surface area is 179 Å². The molecule has 0 atom stereocenters. The average molecular weight is 415 g/mol. The molecule has 7 heteroatoms. The van der Waals surface area contributed by atoms with Crippen LogP contribution in [0.5, 0.6) is 11.5 Å². The maximum Gasteiger partial charge on any atom is 0.272 e. The topological polar surface area (TPSA) is 92.4 Å². The van der Waals surface area contributed by atoms with Crippen LogP contribution in [0, 0.1) is 0 Å². The first-order valence-electron chi connectivity index (χ1n) is 9.67. The molecular weight excluding hydrogens is 394 g/mol. The number of methoxy groups -OCH3 is 1. The number of nitrogens with one attached hydrogen (secondary N) is 3. The Morgan fingerprint density at radius 3 is 2.32 bits per heavy atom. The number of aromatic nitrogens is 1. The highest BCUT2D eigenvalue weighted by Crippen LogP contribution is 2.25. The van der Waals surface area contributed by atoms with E-state index in [-0.39, 0.29) is 18.4 Å². The number of carbonyl (C=O) groups excluding carboxylic acids is 2. The van der Waals surface area contributed by atoms with Crippen LogP contribution in [0.15, 0.2) is 78.9 Å². The third-order valence-electron chi connectivity index (χ3n) is 4.61. The summed E-state index contributed by atoms with van der Waals surface area (Å²) in [5.41, 5.74) is 2.46. The number of carbonyl (C=O) groups is 2. The second-order valence-electron chi connectivity index (χ2n) is 6.79. The summed E-state index contributed by atoms with van der Waals surface area (Å²) in [6.45, 7) is -0.175. The largest absolute Gasteiger partial charge is 0.493 e. The first-order valence-corrected chi connectivity index (χ1v) is 9.67. The Kier molecular flexibility index (Phi) is 5.84. The van der Waals surface area contributed by atoms with Gasteiger partial charge in [0.25, 0.3) is 11.8 Å². The normalized spacial score (nSPS) is 10.5. The molecule has 4 aromatic rings. The smallest absolute Gasteiger partial charge is 0.272 e. The van der Waals surface area contributed by atoms with Crippen LogP contribution in [-0.4, -0.2) is 30.5 Å². The van der Waals surface area contributed by atoms with Crippen molar-refractivity contribution in [2.24, 2.45) is 0 Å². The lowest BCUT2D eigenvalue weighted by molar-refractivity contribution is -0.118. The first-order chi connectivity index (χ1) is 15.1. The Balaban J connectivity index is 1.37. The zero-order valence-corrected chi connectivity index (χ0v) is 16.8. The molecule has 0 aliphatic carbocycles. The predicted molar refractivity (Wildman–Crippen MR) is 120 cm³/mol. The molecule has 7 nitrogen and oxygen atoms in total. The van der Waals surface area contributed by atoms with E-state index in [9.17, 15) is 9.59 Å². The first kappa shape index (κ1) is 20.0.